The van der Waals surface area contributed by atoms with Crippen LogP contribution in [0.4, 0.5) is 0 Å². The molecule has 0 heterocycles. The van der Waals surface area contributed by atoms with Gasteiger partial charge in [0.1, 0.15) is 6.10 Å². The van der Waals surface area contributed by atoms with Gasteiger partial charge < -0.3 is 4.74 Å². The third-order valence-corrected chi connectivity index (χ3v) is 2.21. The average Bonchev–Trinajstić information content (AvgIpc) is 2.28. The van der Waals surface area contributed by atoms with E-state index in [0.717, 1.165) is 12.8 Å². The predicted molar refractivity (Wildman–Crippen MR) is 62.0 cm³/mol. The monoisotopic (exact) mass is 230 g/mol. The van der Waals surface area contributed by atoms with Gasteiger partial charge in [-0.15, -0.1) is 0 Å². The maximum atomic E-state index is 11.0. The zero-order chi connectivity index (χ0) is 12.2. The van der Waals surface area contributed by atoms with E-state index in [1.807, 2.05) is 0 Å². The van der Waals surface area contributed by atoms with Gasteiger partial charge >= 0.3 is 5.97 Å². The Morgan fingerprint density at radius 3 is 2.62 bits per heavy atom. The van der Waals surface area contributed by atoms with Crippen molar-refractivity contribution in [3.05, 3.63) is 12.2 Å². The first-order valence-electron chi connectivity index (χ1n) is 5.89. The Balaban J connectivity index is 3.76. The van der Waals surface area contributed by atoms with Gasteiger partial charge in [0.05, 0.1) is 6.61 Å². The molecule has 0 radical (unpaired) electrons. The lowest BCUT2D eigenvalue weighted by Gasteiger charge is -2.07. The van der Waals surface area contributed by atoms with Crippen molar-refractivity contribution in [1.29, 1.82) is 0 Å². The van der Waals surface area contributed by atoms with Crippen LogP contribution in [0.25, 0.3) is 0 Å². The second-order valence-electron chi connectivity index (χ2n) is 3.60. The van der Waals surface area contributed by atoms with E-state index >= 15 is 0 Å². The third-order valence-electron chi connectivity index (χ3n) is 2.21. The molecule has 4 nitrogen and oxygen atoms in total. The molecule has 0 saturated carbocycles. The van der Waals surface area contributed by atoms with Crippen LogP contribution in [-0.2, 0) is 14.4 Å². The minimum absolute atomic E-state index is 0.352. The van der Waals surface area contributed by atoms with Gasteiger partial charge in [-0.1, -0.05) is 32.6 Å². The van der Waals surface area contributed by atoms with Crippen molar-refractivity contribution >= 4 is 5.97 Å². The number of rotatable bonds is 9. The van der Waals surface area contributed by atoms with Crippen molar-refractivity contribution < 1.29 is 19.7 Å². The second kappa shape index (κ2) is 10.6. The van der Waals surface area contributed by atoms with Crippen LogP contribution >= 0.6 is 0 Å². The van der Waals surface area contributed by atoms with Crippen molar-refractivity contribution in [1.82, 2.24) is 0 Å². The molecule has 16 heavy (non-hydrogen) atoms. The Hall–Kier alpha value is -0.870. The fourth-order valence-electron chi connectivity index (χ4n) is 1.33. The van der Waals surface area contributed by atoms with Crippen LogP contribution in [0.3, 0.4) is 0 Å². The lowest BCUT2D eigenvalue weighted by Crippen LogP contribution is -2.09. The van der Waals surface area contributed by atoms with Crippen LogP contribution in [-0.4, -0.2) is 23.9 Å². The van der Waals surface area contributed by atoms with Crippen molar-refractivity contribution in [3.63, 3.8) is 0 Å². The molecule has 0 saturated heterocycles. The summed E-state index contributed by atoms with van der Waals surface area (Å²) in [5.41, 5.74) is 0. The minimum atomic E-state index is -0.415. The van der Waals surface area contributed by atoms with Crippen LogP contribution < -0.4 is 0 Å². The summed E-state index contributed by atoms with van der Waals surface area (Å²) >= 11 is 0. The molecule has 94 valence electrons. The normalized spacial score (nSPS) is 12.9. The first kappa shape index (κ1) is 15.1. The quantitative estimate of drug-likeness (QED) is 0.217. The standard InChI is InChI=1S/C12H22O4/c1-3-5-6-7-8-11(16-14)9-10-12(13)15-4-2/h9-11,14H,3-8H2,1-2H3. The molecule has 0 aromatic heterocycles. The molecule has 0 aliphatic carbocycles. The molecule has 0 spiro atoms. The first-order valence-corrected chi connectivity index (χ1v) is 5.89. The largest absolute Gasteiger partial charge is 0.463 e. The van der Waals surface area contributed by atoms with Gasteiger partial charge in [-0.3, -0.25) is 5.26 Å². The van der Waals surface area contributed by atoms with E-state index in [4.69, 9.17) is 9.99 Å². The molecule has 0 bridgehead atoms. The number of ether oxygens (including phenoxy) is 1. The second-order valence-corrected chi connectivity index (χ2v) is 3.60. The zero-order valence-electron chi connectivity index (χ0n) is 10.1. The lowest BCUT2D eigenvalue weighted by atomic mass is 10.1. The molecule has 0 aromatic carbocycles. The molecule has 0 aromatic rings. The smallest absolute Gasteiger partial charge is 0.330 e. The van der Waals surface area contributed by atoms with E-state index in [2.05, 4.69) is 11.8 Å². The summed E-state index contributed by atoms with van der Waals surface area (Å²) in [6.45, 7) is 4.24. The van der Waals surface area contributed by atoms with E-state index in [0.29, 0.717) is 13.0 Å². The van der Waals surface area contributed by atoms with E-state index in [1.165, 1.54) is 25.0 Å². The zero-order valence-corrected chi connectivity index (χ0v) is 10.1. The highest BCUT2D eigenvalue weighted by molar-refractivity contribution is 5.81. The van der Waals surface area contributed by atoms with Crippen LogP contribution in [0, 0.1) is 0 Å². The summed E-state index contributed by atoms with van der Waals surface area (Å²) in [6.07, 6.45) is 7.57. The topological polar surface area (TPSA) is 55.8 Å². The van der Waals surface area contributed by atoms with Gasteiger partial charge in [0.25, 0.3) is 0 Å². The van der Waals surface area contributed by atoms with Gasteiger partial charge in [0, 0.05) is 6.08 Å². The van der Waals surface area contributed by atoms with Gasteiger partial charge in [-0.2, -0.15) is 0 Å². The maximum Gasteiger partial charge on any atom is 0.330 e. The molecular formula is C12H22O4. The van der Waals surface area contributed by atoms with Gasteiger partial charge in [0.15, 0.2) is 0 Å². The number of carbonyl (C=O) groups is 1. The van der Waals surface area contributed by atoms with Crippen molar-refractivity contribution in [2.75, 3.05) is 6.61 Å². The highest BCUT2D eigenvalue weighted by Gasteiger charge is 2.05. The predicted octanol–water partition coefficient (Wildman–Crippen LogP) is 2.93. The van der Waals surface area contributed by atoms with Gasteiger partial charge in [-0.25, -0.2) is 9.68 Å². The van der Waals surface area contributed by atoms with Crippen molar-refractivity contribution in [2.24, 2.45) is 0 Å². The summed E-state index contributed by atoms with van der Waals surface area (Å²) in [5.74, 6) is -0.405. The molecule has 1 unspecified atom stereocenters. The molecule has 0 amide bonds. The summed E-state index contributed by atoms with van der Waals surface area (Å²) in [5, 5.41) is 8.62. The molecule has 4 heteroatoms. The number of carbonyl (C=O) groups excluding carboxylic acids is 1. The Labute approximate surface area is 97.2 Å². The summed E-state index contributed by atoms with van der Waals surface area (Å²) in [7, 11) is 0. The van der Waals surface area contributed by atoms with E-state index < -0.39 is 12.1 Å². The fraction of sp³-hybridized carbons (Fsp3) is 0.750. The Bertz CT molecular complexity index is 201. The highest BCUT2D eigenvalue weighted by Crippen LogP contribution is 2.08. The molecule has 0 aliphatic rings. The molecule has 1 atom stereocenters. The molecular weight excluding hydrogens is 208 g/mol. The molecule has 0 aliphatic heterocycles. The van der Waals surface area contributed by atoms with Crippen LogP contribution in [0.2, 0.25) is 0 Å². The SMILES string of the molecule is CCCCCCC(C=CC(=O)OCC)OO. The fourth-order valence-corrected chi connectivity index (χ4v) is 1.33. The number of hydrogen-bond acceptors (Lipinski definition) is 4. The van der Waals surface area contributed by atoms with Crippen LogP contribution in [0.1, 0.15) is 46.0 Å². The summed E-state index contributed by atoms with van der Waals surface area (Å²) in [6, 6.07) is 0. The van der Waals surface area contributed by atoms with Crippen LogP contribution in [0.15, 0.2) is 12.2 Å². The van der Waals surface area contributed by atoms with Gasteiger partial charge in [0.2, 0.25) is 0 Å². The Morgan fingerprint density at radius 1 is 1.31 bits per heavy atom. The Kier molecular flexibility index (Phi) is 10.1. The molecule has 0 rings (SSSR count). The minimum Gasteiger partial charge on any atom is -0.463 e. The summed E-state index contributed by atoms with van der Waals surface area (Å²) < 4.78 is 4.72. The number of unbranched alkanes of at least 4 members (excludes halogenated alkanes) is 3. The van der Waals surface area contributed by atoms with E-state index in [9.17, 15) is 4.79 Å². The lowest BCUT2D eigenvalue weighted by molar-refractivity contribution is -0.267. The Morgan fingerprint density at radius 2 is 2.06 bits per heavy atom. The molecule has 1 N–H and O–H groups in total. The molecule has 0 fully saturated rings. The number of hydrogen-bond donors (Lipinski definition) is 1. The average molecular weight is 230 g/mol. The van der Waals surface area contributed by atoms with E-state index in [1.54, 1.807) is 6.92 Å². The first-order chi connectivity index (χ1) is 7.74. The summed E-state index contributed by atoms with van der Waals surface area (Å²) in [4.78, 5) is 15.3. The van der Waals surface area contributed by atoms with Crippen molar-refractivity contribution in [3.8, 4) is 0 Å². The van der Waals surface area contributed by atoms with Crippen molar-refractivity contribution in [2.45, 2.75) is 52.1 Å². The third kappa shape index (κ3) is 8.44. The number of esters is 1. The van der Waals surface area contributed by atoms with E-state index in [-0.39, 0.29) is 0 Å². The van der Waals surface area contributed by atoms with Crippen LogP contribution in [0.5, 0.6) is 0 Å². The highest BCUT2D eigenvalue weighted by atomic mass is 17.1. The van der Waals surface area contributed by atoms with Gasteiger partial charge in [-0.05, 0) is 19.4 Å². The maximum absolute atomic E-state index is 11.0.